The Labute approximate surface area is 155 Å². The van der Waals surface area contributed by atoms with E-state index in [-0.39, 0.29) is 13.2 Å². The van der Waals surface area contributed by atoms with Crippen molar-refractivity contribution in [2.45, 2.75) is 24.5 Å². The van der Waals surface area contributed by atoms with Crippen LogP contribution < -0.4 is 11.2 Å². The van der Waals surface area contributed by atoms with E-state index >= 15 is 0 Å². The maximum Gasteiger partial charge on any atom is 0.330 e. The first-order valence-electron chi connectivity index (χ1n) is 7.82. The van der Waals surface area contributed by atoms with Crippen LogP contribution in [0.3, 0.4) is 0 Å². The van der Waals surface area contributed by atoms with Gasteiger partial charge >= 0.3 is 5.69 Å². The molecule has 1 fully saturated rings. The second-order valence-corrected chi connectivity index (χ2v) is 9.59. The largest absolute Gasteiger partial charge is 0.382 e. The molecule has 2 heterocycles. The van der Waals surface area contributed by atoms with E-state index in [9.17, 15) is 14.5 Å². The van der Waals surface area contributed by atoms with E-state index in [0.29, 0.717) is 6.61 Å². The van der Waals surface area contributed by atoms with Crippen LogP contribution in [0.1, 0.15) is 6.23 Å². The van der Waals surface area contributed by atoms with Gasteiger partial charge in [0.05, 0.1) is 19.8 Å². The van der Waals surface area contributed by atoms with Gasteiger partial charge in [-0.25, -0.2) is 4.79 Å². The average Bonchev–Trinajstić information content (AvgIpc) is 2.84. The number of H-pyrrole nitrogens is 1. The highest BCUT2D eigenvalue weighted by molar-refractivity contribution is 8.09. The second-order valence-electron chi connectivity index (χ2n) is 5.74. The molecule has 26 heavy (non-hydrogen) atoms. The van der Waals surface area contributed by atoms with Gasteiger partial charge in [0.1, 0.15) is 18.3 Å². The first-order chi connectivity index (χ1) is 12.3. The molecule has 10 nitrogen and oxygen atoms in total. The molecule has 0 radical (unpaired) electrons. The number of hydrogen-bond donors (Lipinski definition) is 2. The molecule has 2 unspecified atom stereocenters. The Hall–Kier alpha value is -0.910. The summed E-state index contributed by atoms with van der Waals surface area (Å²) in [4.78, 5) is 35.7. The van der Waals surface area contributed by atoms with Crippen LogP contribution in [0.25, 0.3) is 0 Å². The van der Waals surface area contributed by atoms with Crippen LogP contribution in [0.5, 0.6) is 0 Å². The van der Waals surface area contributed by atoms with Gasteiger partial charge in [0.15, 0.2) is 12.7 Å². The van der Waals surface area contributed by atoms with Gasteiger partial charge in [0, 0.05) is 33.1 Å². The average molecular weight is 410 g/mol. The van der Waals surface area contributed by atoms with Gasteiger partial charge in [-0.15, -0.1) is 0 Å². The summed E-state index contributed by atoms with van der Waals surface area (Å²) in [5.74, 6) is 0. The third kappa shape index (κ3) is 5.54. The highest BCUT2D eigenvalue weighted by Gasteiger charge is 2.49. The minimum absolute atomic E-state index is 0.138. The van der Waals surface area contributed by atoms with Crippen molar-refractivity contribution in [2.24, 2.45) is 0 Å². The van der Waals surface area contributed by atoms with Crippen LogP contribution in [0.2, 0.25) is 0 Å². The van der Waals surface area contributed by atoms with Gasteiger partial charge in [-0.2, -0.15) is 0 Å². The zero-order chi connectivity index (χ0) is 19.3. The van der Waals surface area contributed by atoms with E-state index in [0.717, 1.165) is 0 Å². The normalized spacial score (nSPS) is 28.2. The highest BCUT2D eigenvalue weighted by atomic mass is 32.5. The molecular formula is C14H23N2O8PS. The van der Waals surface area contributed by atoms with Crippen molar-refractivity contribution in [3.05, 3.63) is 33.1 Å². The summed E-state index contributed by atoms with van der Waals surface area (Å²) < 4.78 is 28.7. The maximum atomic E-state index is 12.2. The smallest absolute Gasteiger partial charge is 0.330 e. The van der Waals surface area contributed by atoms with Crippen molar-refractivity contribution in [3.8, 4) is 0 Å². The lowest BCUT2D eigenvalue weighted by Gasteiger charge is -2.27. The van der Waals surface area contributed by atoms with Crippen molar-refractivity contribution >= 4 is 18.3 Å². The maximum absolute atomic E-state index is 12.2. The molecule has 0 amide bonds. The summed E-state index contributed by atoms with van der Waals surface area (Å²) in [6.45, 7) is -0.981. The zero-order valence-corrected chi connectivity index (χ0v) is 16.4. The lowest BCUT2D eigenvalue weighted by molar-refractivity contribution is -0.0825. The van der Waals surface area contributed by atoms with Gasteiger partial charge in [-0.05, 0) is 11.8 Å². The molecule has 0 saturated carbocycles. The quantitative estimate of drug-likeness (QED) is 0.407. The van der Waals surface area contributed by atoms with Crippen LogP contribution >= 0.6 is 6.49 Å². The van der Waals surface area contributed by atoms with Gasteiger partial charge in [0.25, 0.3) is 5.56 Å². The molecule has 0 aromatic carbocycles. The predicted molar refractivity (Wildman–Crippen MR) is 96.0 cm³/mol. The topological polar surface area (TPSA) is 121 Å². The standard InChI is InChI=1S/C14H23N2O8PS/c1-20-6-7-22-12-11(24-25(3,19)26)9(8-21-2)23-13(12)16-5-4-10(17)15-14(16)18/h4-5,9,11-13H,6-8H2,1-3H3,(H,19,26)(H,15,17,18)/t9-,11?,12+,13-,25?/m1/s1. The van der Waals surface area contributed by atoms with Gasteiger partial charge in [-0.3, -0.25) is 14.3 Å². The van der Waals surface area contributed by atoms with Gasteiger partial charge in [0.2, 0.25) is 0 Å². The highest BCUT2D eigenvalue weighted by Crippen LogP contribution is 2.45. The summed E-state index contributed by atoms with van der Waals surface area (Å²) in [7, 11) is 3.02. The van der Waals surface area contributed by atoms with Crippen molar-refractivity contribution in [2.75, 3.05) is 40.7 Å². The summed E-state index contributed by atoms with van der Waals surface area (Å²) in [6.07, 6.45) is -1.76. The number of hydrogen-bond acceptors (Lipinski definition) is 8. The molecule has 2 rings (SSSR count). The first-order valence-corrected chi connectivity index (χ1v) is 10.9. The van der Waals surface area contributed by atoms with Crippen molar-refractivity contribution < 1.29 is 28.4 Å². The minimum atomic E-state index is -3.05. The molecule has 0 aliphatic carbocycles. The van der Waals surface area contributed by atoms with E-state index in [1.54, 1.807) is 0 Å². The Morgan fingerprint density at radius 1 is 1.31 bits per heavy atom. The summed E-state index contributed by atoms with van der Waals surface area (Å²) in [5, 5.41) is 0. The molecule has 1 aromatic heterocycles. The Kier molecular flexibility index (Phi) is 7.68. The van der Waals surface area contributed by atoms with E-state index in [1.807, 2.05) is 0 Å². The molecule has 1 aliphatic heterocycles. The summed E-state index contributed by atoms with van der Waals surface area (Å²) >= 11 is 5.00. The number of methoxy groups -OCH3 is 2. The zero-order valence-electron chi connectivity index (χ0n) is 14.7. The van der Waals surface area contributed by atoms with Crippen LogP contribution in [-0.2, 0) is 35.3 Å². The summed E-state index contributed by atoms with van der Waals surface area (Å²) in [6, 6.07) is 1.20. The molecule has 1 saturated heterocycles. The van der Waals surface area contributed by atoms with Crippen molar-refractivity contribution in [1.82, 2.24) is 9.55 Å². The molecule has 0 bridgehead atoms. The van der Waals surface area contributed by atoms with Gasteiger partial charge < -0.3 is 28.4 Å². The van der Waals surface area contributed by atoms with Crippen LogP contribution in [0.15, 0.2) is 21.9 Å². The Bertz CT molecular complexity index is 747. The van der Waals surface area contributed by atoms with E-state index in [2.05, 4.69) is 4.98 Å². The summed E-state index contributed by atoms with van der Waals surface area (Å²) in [5.41, 5.74) is -1.18. The Morgan fingerprint density at radius 2 is 2.04 bits per heavy atom. The fraction of sp³-hybridized carbons (Fsp3) is 0.714. The minimum Gasteiger partial charge on any atom is -0.382 e. The van der Waals surface area contributed by atoms with Crippen molar-refractivity contribution in [1.29, 1.82) is 0 Å². The third-order valence-corrected chi connectivity index (χ3v) is 4.55. The lowest BCUT2D eigenvalue weighted by atomic mass is 10.1. The Balaban J connectivity index is 2.38. The van der Waals surface area contributed by atoms with Crippen LogP contribution in [0, 0.1) is 0 Å². The van der Waals surface area contributed by atoms with Crippen molar-refractivity contribution in [3.63, 3.8) is 0 Å². The van der Waals surface area contributed by atoms with E-state index < -0.39 is 42.3 Å². The fourth-order valence-electron chi connectivity index (χ4n) is 2.66. The lowest BCUT2D eigenvalue weighted by Crippen LogP contribution is -2.40. The molecule has 0 spiro atoms. The molecule has 148 valence electrons. The molecule has 1 aliphatic rings. The molecule has 1 aromatic rings. The number of aromatic nitrogens is 2. The number of aromatic amines is 1. The van der Waals surface area contributed by atoms with Crippen LogP contribution in [-0.4, -0.2) is 73.5 Å². The third-order valence-electron chi connectivity index (χ3n) is 3.66. The monoisotopic (exact) mass is 410 g/mol. The molecule has 12 heteroatoms. The molecule has 5 atom stereocenters. The number of rotatable bonds is 9. The van der Waals surface area contributed by atoms with Gasteiger partial charge in [-0.1, -0.05) is 0 Å². The second kappa shape index (κ2) is 9.34. The molecule has 2 N–H and O–H groups in total. The Morgan fingerprint density at radius 3 is 2.62 bits per heavy atom. The van der Waals surface area contributed by atoms with Crippen LogP contribution in [0.4, 0.5) is 0 Å². The fourth-order valence-corrected chi connectivity index (χ4v) is 3.66. The number of ether oxygens (including phenoxy) is 4. The number of nitrogens with one attached hydrogen (secondary N) is 1. The predicted octanol–water partition coefficient (Wildman–Crippen LogP) is -0.571. The first kappa shape index (κ1) is 21.4. The SMILES string of the molecule is COCCO[C@H]1C(OP(C)(O)=S)[C@@H](COC)O[C@H]1n1ccc(=O)[nH]c1=O. The number of nitrogens with zero attached hydrogens (tertiary/aromatic N) is 1. The van der Waals surface area contributed by atoms with E-state index in [1.165, 1.54) is 37.7 Å². The molecular weight excluding hydrogens is 387 g/mol. The van der Waals surface area contributed by atoms with E-state index in [4.69, 9.17) is 35.3 Å².